The maximum absolute atomic E-state index is 11.3. The highest BCUT2D eigenvalue weighted by Gasteiger charge is 2.20. The average Bonchev–Trinajstić information content (AvgIpc) is 2.55. The van der Waals surface area contributed by atoms with Gasteiger partial charge in [-0.15, -0.1) is 0 Å². The molecule has 4 heteroatoms. The molecule has 1 aliphatic rings. The van der Waals surface area contributed by atoms with Crippen LogP contribution in [0.3, 0.4) is 0 Å². The van der Waals surface area contributed by atoms with Gasteiger partial charge >= 0.3 is 0 Å². The molecule has 0 bridgehead atoms. The molecule has 0 saturated carbocycles. The smallest absolute Gasteiger partial charge is 0.119 e. The Balaban J connectivity index is 2.31. The summed E-state index contributed by atoms with van der Waals surface area (Å²) in [5.74, 6) is 0.523. The average molecular weight is 187 g/mol. The van der Waals surface area contributed by atoms with Gasteiger partial charge in [0.2, 0.25) is 0 Å². The molecule has 3 unspecified atom stereocenters. The van der Waals surface area contributed by atoms with Gasteiger partial charge in [-0.25, -0.2) is 0 Å². The van der Waals surface area contributed by atoms with Crippen molar-refractivity contribution in [3.63, 3.8) is 0 Å². The molecule has 1 rings (SSSR count). The van der Waals surface area contributed by atoms with E-state index in [1.165, 1.54) is 0 Å². The maximum Gasteiger partial charge on any atom is 0.119 e. The number of hydrogen-bond donors (Lipinski definition) is 0. The largest absolute Gasteiger partial charge is 0.377 e. The van der Waals surface area contributed by atoms with Crippen molar-refractivity contribution in [2.24, 2.45) is 0 Å². The van der Waals surface area contributed by atoms with Crippen LogP contribution in [0.25, 0.3) is 0 Å². The fraction of sp³-hybridized carbons (Fsp3) is 0.875. The highest BCUT2D eigenvalue weighted by molar-refractivity contribution is 7.85. The molecule has 0 radical (unpaired) electrons. The quantitative estimate of drug-likeness (QED) is 0.657. The normalized spacial score (nSPS) is 27.8. The molecule has 3 nitrogen and oxygen atoms in total. The number of nitriles is 1. The molecule has 3 atom stereocenters. The summed E-state index contributed by atoms with van der Waals surface area (Å²) in [6.07, 6.45) is 2.17. The molecule has 1 aliphatic heterocycles. The van der Waals surface area contributed by atoms with E-state index in [0.29, 0.717) is 5.75 Å². The Morgan fingerprint density at radius 1 is 1.83 bits per heavy atom. The standard InChI is InChI=1S/C8H13NO2S/c1-7(5-9)12(10)6-8-3-2-4-11-8/h7-8H,2-4,6H2,1H3. The van der Waals surface area contributed by atoms with Gasteiger partial charge in [0, 0.05) is 17.4 Å². The fourth-order valence-electron chi connectivity index (χ4n) is 1.16. The van der Waals surface area contributed by atoms with Crippen LogP contribution in [0.1, 0.15) is 19.8 Å². The third kappa shape index (κ3) is 2.58. The minimum Gasteiger partial charge on any atom is -0.377 e. The molecule has 12 heavy (non-hydrogen) atoms. The lowest BCUT2D eigenvalue weighted by atomic mass is 10.3. The molecule has 1 saturated heterocycles. The van der Waals surface area contributed by atoms with E-state index in [0.717, 1.165) is 19.4 Å². The lowest BCUT2D eigenvalue weighted by molar-refractivity contribution is 0.128. The predicted octanol–water partition coefficient (Wildman–Crippen LogP) is 0.826. The Kier molecular flexibility index (Phi) is 3.70. The van der Waals surface area contributed by atoms with E-state index in [4.69, 9.17) is 10.00 Å². The zero-order valence-electron chi connectivity index (χ0n) is 7.16. The van der Waals surface area contributed by atoms with Crippen molar-refractivity contribution in [1.82, 2.24) is 0 Å². The van der Waals surface area contributed by atoms with Crippen molar-refractivity contribution in [2.45, 2.75) is 31.1 Å². The molecule has 1 fully saturated rings. The van der Waals surface area contributed by atoms with E-state index in [2.05, 4.69) is 0 Å². The van der Waals surface area contributed by atoms with Gasteiger partial charge in [0.15, 0.2) is 0 Å². The number of ether oxygens (including phenoxy) is 1. The van der Waals surface area contributed by atoms with E-state index in [1.807, 2.05) is 6.07 Å². The van der Waals surface area contributed by atoms with Crippen molar-refractivity contribution in [1.29, 1.82) is 5.26 Å². The third-order valence-electron chi connectivity index (χ3n) is 1.95. The summed E-state index contributed by atoms with van der Waals surface area (Å²) in [5, 5.41) is 8.13. The first-order chi connectivity index (χ1) is 5.74. The molecule has 0 aliphatic carbocycles. The first-order valence-electron chi connectivity index (χ1n) is 4.12. The molecule has 0 aromatic rings. The van der Waals surface area contributed by atoms with Gasteiger partial charge in [0.1, 0.15) is 5.25 Å². The van der Waals surface area contributed by atoms with Gasteiger partial charge in [0.05, 0.1) is 17.9 Å². The van der Waals surface area contributed by atoms with Gasteiger partial charge in [-0.1, -0.05) is 0 Å². The molecule has 0 spiro atoms. The lowest BCUT2D eigenvalue weighted by Gasteiger charge is -2.09. The lowest BCUT2D eigenvalue weighted by Crippen LogP contribution is -2.21. The van der Waals surface area contributed by atoms with Crippen LogP contribution in [0, 0.1) is 11.3 Å². The zero-order chi connectivity index (χ0) is 8.97. The van der Waals surface area contributed by atoms with Crippen LogP contribution in [0.4, 0.5) is 0 Å². The van der Waals surface area contributed by atoms with E-state index in [9.17, 15) is 4.21 Å². The van der Waals surface area contributed by atoms with Gasteiger partial charge in [-0.05, 0) is 19.8 Å². The van der Waals surface area contributed by atoms with Gasteiger partial charge in [-0.3, -0.25) is 4.21 Å². The van der Waals surface area contributed by atoms with Crippen molar-refractivity contribution < 1.29 is 8.95 Å². The highest BCUT2D eigenvalue weighted by atomic mass is 32.2. The van der Waals surface area contributed by atoms with E-state index >= 15 is 0 Å². The van der Waals surface area contributed by atoms with Gasteiger partial charge in [0.25, 0.3) is 0 Å². The van der Waals surface area contributed by atoms with Crippen LogP contribution in [0.15, 0.2) is 0 Å². The zero-order valence-corrected chi connectivity index (χ0v) is 7.97. The second-order valence-electron chi connectivity index (χ2n) is 2.95. The van der Waals surface area contributed by atoms with Crippen molar-refractivity contribution in [3.8, 4) is 6.07 Å². The Bertz CT molecular complexity index is 206. The van der Waals surface area contributed by atoms with Crippen LogP contribution in [-0.4, -0.2) is 27.9 Å². The second-order valence-corrected chi connectivity index (χ2v) is 4.76. The van der Waals surface area contributed by atoms with Crippen molar-refractivity contribution >= 4 is 10.8 Å². The Morgan fingerprint density at radius 3 is 3.08 bits per heavy atom. The minimum absolute atomic E-state index is 0.127. The second kappa shape index (κ2) is 4.58. The summed E-state index contributed by atoms with van der Waals surface area (Å²) < 4.78 is 16.7. The number of rotatable bonds is 3. The summed E-state index contributed by atoms with van der Waals surface area (Å²) in [7, 11) is -1.04. The Hall–Kier alpha value is -0.400. The third-order valence-corrected chi connectivity index (χ3v) is 3.54. The highest BCUT2D eigenvalue weighted by Crippen LogP contribution is 2.13. The van der Waals surface area contributed by atoms with Crippen LogP contribution >= 0.6 is 0 Å². The van der Waals surface area contributed by atoms with Gasteiger partial charge < -0.3 is 4.74 Å². The fourth-order valence-corrected chi connectivity index (χ4v) is 2.20. The SMILES string of the molecule is CC(C#N)S(=O)CC1CCCO1. The van der Waals surface area contributed by atoms with Crippen LogP contribution < -0.4 is 0 Å². The van der Waals surface area contributed by atoms with Crippen molar-refractivity contribution in [3.05, 3.63) is 0 Å². The Labute approximate surface area is 75.2 Å². The van der Waals surface area contributed by atoms with Crippen LogP contribution in [-0.2, 0) is 15.5 Å². The van der Waals surface area contributed by atoms with Crippen LogP contribution in [0.5, 0.6) is 0 Å². The Morgan fingerprint density at radius 2 is 2.58 bits per heavy atom. The molecular formula is C8H13NO2S. The summed E-state index contributed by atoms with van der Waals surface area (Å²) in [6, 6.07) is 1.98. The number of nitrogens with zero attached hydrogens (tertiary/aromatic N) is 1. The molecule has 0 amide bonds. The summed E-state index contributed by atoms with van der Waals surface area (Å²) in [6.45, 7) is 2.47. The molecule has 68 valence electrons. The molecule has 0 aromatic carbocycles. The summed E-state index contributed by atoms with van der Waals surface area (Å²) in [4.78, 5) is 0. The maximum atomic E-state index is 11.3. The minimum atomic E-state index is -1.04. The monoisotopic (exact) mass is 187 g/mol. The molecule has 0 aromatic heterocycles. The molecular weight excluding hydrogens is 174 g/mol. The van der Waals surface area contributed by atoms with Crippen molar-refractivity contribution in [2.75, 3.05) is 12.4 Å². The molecule has 0 N–H and O–H groups in total. The van der Waals surface area contributed by atoms with E-state index in [1.54, 1.807) is 6.92 Å². The van der Waals surface area contributed by atoms with E-state index < -0.39 is 10.8 Å². The first-order valence-corrected chi connectivity index (χ1v) is 5.50. The topological polar surface area (TPSA) is 50.1 Å². The van der Waals surface area contributed by atoms with E-state index in [-0.39, 0.29) is 11.4 Å². The predicted molar refractivity (Wildman–Crippen MR) is 47.1 cm³/mol. The molecule has 1 heterocycles. The van der Waals surface area contributed by atoms with Gasteiger partial charge in [-0.2, -0.15) is 5.26 Å². The van der Waals surface area contributed by atoms with Crippen LogP contribution in [0.2, 0.25) is 0 Å². The summed E-state index contributed by atoms with van der Waals surface area (Å²) >= 11 is 0. The first kappa shape index (κ1) is 9.69. The number of hydrogen-bond acceptors (Lipinski definition) is 3. The summed E-state index contributed by atoms with van der Waals surface area (Å²) in [5.41, 5.74) is 0.